The van der Waals surface area contributed by atoms with E-state index in [0.29, 0.717) is 5.69 Å². The van der Waals surface area contributed by atoms with Crippen LogP contribution in [0.1, 0.15) is 32.1 Å². The highest BCUT2D eigenvalue weighted by molar-refractivity contribution is 9.10. The van der Waals surface area contributed by atoms with Crippen molar-refractivity contribution in [1.82, 2.24) is 0 Å². The van der Waals surface area contributed by atoms with Crippen molar-refractivity contribution < 1.29 is 8.42 Å². The summed E-state index contributed by atoms with van der Waals surface area (Å²) in [6, 6.07) is 4.98. The van der Waals surface area contributed by atoms with E-state index in [9.17, 15) is 8.42 Å². The highest BCUT2D eigenvalue weighted by atomic mass is 79.9. The Morgan fingerprint density at radius 2 is 1.82 bits per heavy atom. The largest absolute Gasteiger partial charge is 0.398 e. The van der Waals surface area contributed by atoms with Gasteiger partial charge in [-0.15, -0.1) is 0 Å². The van der Waals surface area contributed by atoms with Gasteiger partial charge < -0.3 is 5.73 Å². The van der Waals surface area contributed by atoms with Gasteiger partial charge in [-0.05, 0) is 31.0 Å². The number of halogens is 1. The molecule has 5 heteroatoms. The van der Waals surface area contributed by atoms with E-state index in [1.165, 1.54) is 0 Å². The van der Waals surface area contributed by atoms with Crippen LogP contribution in [-0.2, 0) is 9.84 Å². The third-order valence-electron chi connectivity index (χ3n) is 3.27. The lowest BCUT2D eigenvalue weighted by Gasteiger charge is -2.22. The molecule has 1 aromatic carbocycles. The lowest BCUT2D eigenvalue weighted by molar-refractivity contribution is 0.484. The number of nitrogens with two attached hydrogens (primary N) is 1. The maximum atomic E-state index is 12.4. The summed E-state index contributed by atoms with van der Waals surface area (Å²) in [4.78, 5) is 0.285. The van der Waals surface area contributed by atoms with Crippen LogP contribution in [0.4, 0.5) is 5.69 Å². The Bertz CT molecular complexity index is 507. The number of anilines is 1. The molecule has 1 fully saturated rings. The molecule has 0 saturated heterocycles. The molecular formula is C12H16BrNO2S. The Kier molecular flexibility index (Phi) is 3.78. The maximum Gasteiger partial charge on any atom is 0.183 e. The number of nitrogen functional groups attached to an aromatic ring is 1. The van der Waals surface area contributed by atoms with Crippen LogP contribution in [0, 0.1) is 0 Å². The predicted molar refractivity (Wildman–Crippen MR) is 72.6 cm³/mol. The summed E-state index contributed by atoms with van der Waals surface area (Å²) in [5.74, 6) is 0. The maximum absolute atomic E-state index is 12.4. The van der Waals surface area contributed by atoms with Gasteiger partial charge in [0.2, 0.25) is 0 Å². The zero-order valence-corrected chi connectivity index (χ0v) is 11.9. The van der Waals surface area contributed by atoms with Gasteiger partial charge >= 0.3 is 0 Å². The van der Waals surface area contributed by atoms with Crippen LogP contribution < -0.4 is 5.73 Å². The normalized spacial score (nSPS) is 18.2. The van der Waals surface area contributed by atoms with Gasteiger partial charge in [0.1, 0.15) is 0 Å². The molecule has 1 aliphatic carbocycles. The molecule has 2 N–H and O–H groups in total. The molecule has 94 valence electrons. The zero-order valence-electron chi connectivity index (χ0n) is 9.52. The molecule has 2 rings (SSSR count). The van der Waals surface area contributed by atoms with Crippen molar-refractivity contribution in [2.75, 3.05) is 5.73 Å². The minimum atomic E-state index is -3.26. The van der Waals surface area contributed by atoms with E-state index in [4.69, 9.17) is 5.73 Å². The van der Waals surface area contributed by atoms with Gasteiger partial charge in [-0.25, -0.2) is 8.42 Å². The van der Waals surface area contributed by atoms with E-state index in [1.54, 1.807) is 18.2 Å². The standard InChI is InChI=1S/C12H16BrNO2S/c13-9-6-7-12(11(14)8-9)17(15,16)10-4-2-1-3-5-10/h6-8,10H,1-5,14H2. The van der Waals surface area contributed by atoms with Gasteiger partial charge in [-0.1, -0.05) is 35.2 Å². The Morgan fingerprint density at radius 1 is 1.18 bits per heavy atom. The van der Waals surface area contributed by atoms with Gasteiger partial charge in [-0.2, -0.15) is 0 Å². The summed E-state index contributed by atoms with van der Waals surface area (Å²) in [5, 5.41) is -0.250. The SMILES string of the molecule is Nc1cc(Br)ccc1S(=O)(=O)C1CCCCC1. The summed E-state index contributed by atoms with van der Waals surface area (Å²) in [5.41, 5.74) is 6.14. The smallest absolute Gasteiger partial charge is 0.183 e. The third-order valence-corrected chi connectivity index (χ3v) is 6.10. The molecule has 0 atom stereocenters. The van der Waals surface area contributed by atoms with E-state index in [1.807, 2.05) is 0 Å². The first kappa shape index (κ1) is 12.9. The molecule has 3 nitrogen and oxygen atoms in total. The van der Waals surface area contributed by atoms with E-state index < -0.39 is 9.84 Å². The molecule has 1 saturated carbocycles. The highest BCUT2D eigenvalue weighted by Gasteiger charge is 2.30. The monoisotopic (exact) mass is 317 g/mol. The summed E-state index contributed by atoms with van der Waals surface area (Å²) < 4.78 is 25.7. The van der Waals surface area contributed by atoms with Crippen molar-refractivity contribution in [1.29, 1.82) is 0 Å². The Balaban J connectivity index is 2.37. The number of hydrogen-bond acceptors (Lipinski definition) is 3. The fourth-order valence-electron chi connectivity index (χ4n) is 2.33. The summed E-state index contributed by atoms with van der Waals surface area (Å²) in [6.45, 7) is 0. The molecule has 1 aliphatic rings. The second-order valence-electron chi connectivity index (χ2n) is 4.49. The molecule has 0 heterocycles. The summed E-state index contributed by atoms with van der Waals surface area (Å²) in [7, 11) is -3.26. The van der Waals surface area contributed by atoms with Crippen molar-refractivity contribution in [2.45, 2.75) is 42.2 Å². The Hall–Kier alpha value is -0.550. The molecule has 0 aromatic heterocycles. The topological polar surface area (TPSA) is 60.2 Å². The van der Waals surface area contributed by atoms with Gasteiger partial charge in [0.15, 0.2) is 9.84 Å². The van der Waals surface area contributed by atoms with Crippen LogP contribution in [0.3, 0.4) is 0 Å². The van der Waals surface area contributed by atoms with Crippen molar-refractivity contribution in [2.24, 2.45) is 0 Å². The molecule has 0 spiro atoms. The molecule has 1 aromatic rings. The van der Waals surface area contributed by atoms with E-state index in [0.717, 1.165) is 36.6 Å². The van der Waals surface area contributed by atoms with Crippen molar-refractivity contribution >= 4 is 31.5 Å². The number of hydrogen-bond donors (Lipinski definition) is 1. The summed E-state index contributed by atoms with van der Waals surface area (Å²) >= 11 is 3.28. The summed E-state index contributed by atoms with van der Waals surface area (Å²) in [6.07, 6.45) is 4.66. The van der Waals surface area contributed by atoms with Gasteiger partial charge in [0.25, 0.3) is 0 Å². The van der Waals surface area contributed by atoms with Crippen molar-refractivity contribution in [3.8, 4) is 0 Å². The van der Waals surface area contributed by atoms with Gasteiger partial charge in [-0.3, -0.25) is 0 Å². The molecular weight excluding hydrogens is 302 g/mol. The van der Waals surface area contributed by atoms with Crippen molar-refractivity contribution in [3.63, 3.8) is 0 Å². The van der Waals surface area contributed by atoms with Crippen LogP contribution in [0.5, 0.6) is 0 Å². The van der Waals surface area contributed by atoms with Crippen LogP contribution in [0.25, 0.3) is 0 Å². The molecule has 0 unspecified atom stereocenters. The molecule has 0 bridgehead atoms. The van der Waals surface area contributed by atoms with E-state index in [-0.39, 0.29) is 10.1 Å². The molecule has 17 heavy (non-hydrogen) atoms. The fraction of sp³-hybridized carbons (Fsp3) is 0.500. The van der Waals surface area contributed by atoms with Gasteiger partial charge in [0.05, 0.1) is 15.8 Å². The van der Waals surface area contributed by atoms with Gasteiger partial charge in [0, 0.05) is 4.47 Å². The Labute approximate surface area is 110 Å². The molecule has 0 aliphatic heterocycles. The van der Waals surface area contributed by atoms with Crippen molar-refractivity contribution in [3.05, 3.63) is 22.7 Å². The average Bonchev–Trinajstić information content (AvgIpc) is 2.29. The fourth-order valence-corrected chi connectivity index (χ4v) is 4.67. The zero-order chi connectivity index (χ0) is 12.5. The first-order valence-electron chi connectivity index (χ1n) is 5.81. The number of benzene rings is 1. The number of rotatable bonds is 2. The van der Waals surface area contributed by atoms with Crippen LogP contribution >= 0.6 is 15.9 Å². The Morgan fingerprint density at radius 3 is 2.41 bits per heavy atom. The van der Waals surface area contributed by atoms with E-state index >= 15 is 0 Å². The van der Waals surface area contributed by atoms with Crippen LogP contribution in [0.2, 0.25) is 0 Å². The first-order chi connectivity index (χ1) is 8.01. The highest BCUT2D eigenvalue weighted by Crippen LogP contribution is 2.32. The lowest BCUT2D eigenvalue weighted by Crippen LogP contribution is -2.24. The number of sulfone groups is 1. The van der Waals surface area contributed by atoms with Crippen LogP contribution in [-0.4, -0.2) is 13.7 Å². The first-order valence-corrected chi connectivity index (χ1v) is 8.14. The average molecular weight is 318 g/mol. The quantitative estimate of drug-likeness (QED) is 0.852. The second-order valence-corrected chi connectivity index (χ2v) is 7.60. The van der Waals surface area contributed by atoms with E-state index in [2.05, 4.69) is 15.9 Å². The van der Waals surface area contributed by atoms with Crippen LogP contribution in [0.15, 0.2) is 27.6 Å². The minimum absolute atomic E-state index is 0.250. The molecule has 0 radical (unpaired) electrons. The second kappa shape index (κ2) is 4.98. The lowest BCUT2D eigenvalue weighted by atomic mass is 10.0. The third kappa shape index (κ3) is 2.65. The predicted octanol–water partition coefficient (Wildman–Crippen LogP) is 3.14. The molecule has 0 amide bonds. The minimum Gasteiger partial charge on any atom is -0.398 e.